The molecule has 1 atom stereocenters. The fourth-order valence-electron chi connectivity index (χ4n) is 4.93. The van der Waals surface area contributed by atoms with Crippen molar-refractivity contribution in [2.45, 2.75) is 57.9 Å². The summed E-state index contributed by atoms with van der Waals surface area (Å²) in [5.41, 5.74) is 2.55. The van der Waals surface area contributed by atoms with Gasteiger partial charge >= 0.3 is 0 Å². The van der Waals surface area contributed by atoms with Gasteiger partial charge in [-0.3, -0.25) is 14.5 Å². The second kappa shape index (κ2) is 9.29. The van der Waals surface area contributed by atoms with Crippen LogP contribution in [0.25, 0.3) is 0 Å². The number of hydrogen-bond acceptors (Lipinski definition) is 3. The molecule has 3 aliphatic rings. The number of likely N-dealkylation sites (tertiary alicyclic amines) is 2. The zero-order valence-electron chi connectivity index (χ0n) is 17.7. The van der Waals surface area contributed by atoms with Crippen LogP contribution in [0.15, 0.2) is 24.3 Å². The van der Waals surface area contributed by atoms with E-state index in [1.54, 1.807) is 0 Å². The molecule has 5 heteroatoms. The maximum atomic E-state index is 12.7. The number of piperidine rings is 2. The highest BCUT2D eigenvalue weighted by Crippen LogP contribution is 2.32. The van der Waals surface area contributed by atoms with Crippen molar-refractivity contribution in [3.63, 3.8) is 0 Å². The van der Waals surface area contributed by atoms with E-state index in [1.165, 1.54) is 11.1 Å². The van der Waals surface area contributed by atoms with Gasteiger partial charge in [-0.1, -0.05) is 29.8 Å². The minimum atomic E-state index is 0.104. The van der Waals surface area contributed by atoms with E-state index in [1.807, 2.05) is 0 Å². The summed E-state index contributed by atoms with van der Waals surface area (Å²) in [4.78, 5) is 29.6. The maximum Gasteiger partial charge on any atom is 0.225 e. The van der Waals surface area contributed by atoms with E-state index in [0.29, 0.717) is 24.4 Å². The normalized spacial score (nSPS) is 23.8. The van der Waals surface area contributed by atoms with Crippen LogP contribution >= 0.6 is 0 Å². The monoisotopic (exact) mass is 397 g/mol. The number of benzene rings is 1. The van der Waals surface area contributed by atoms with Crippen LogP contribution in [-0.2, 0) is 16.0 Å². The summed E-state index contributed by atoms with van der Waals surface area (Å²) >= 11 is 0. The van der Waals surface area contributed by atoms with Crippen LogP contribution in [0.3, 0.4) is 0 Å². The number of carbonyl (C=O) groups excluding carboxylic acids is 2. The number of nitrogens with one attached hydrogen (secondary N) is 1. The Morgan fingerprint density at radius 2 is 1.83 bits per heavy atom. The van der Waals surface area contributed by atoms with Gasteiger partial charge in [0.1, 0.15) is 0 Å². The molecule has 0 unspecified atom stereocenters. The Bertz CT molecular complexity index is 723. The van der Waals surface area contributed by atoms with Crippen molar-refractivity contribution in [2.24, 2.45) is 11.8 Å². The van der Waals surface area contributed by atoms with Crippen molar-refractivity contribution in [1.82, 2.24) is 15.1 Å². The SMILES string of the molecule is Cc1cccc(CCNC(=O)[C@@H]2CCCN(C3CCN(C(=O)C4CC4)CC3)C2)c1. The molecule has 2 heterocycles. The first-order chi connectivity index (χ1) is 14.1. The predicted octanol–water partition coefficient (Wildman–Crippen LogP) is 2.77. The quantitative estimate of drug-likeness (QED) is 0.803. The van der Waals surface area contributed by atoms with E-state index in [2.05, 4.69) is 46.3 Å². The molecule has 158 valence electrons. The third kappa shape index (κ3) is 5.39. The van der Waals surface area contributed by atoms with Crippen molar-refractivity contribution < 1.29 is 9.59 Å². The summed E-state index contributed by atoms with van der Waals surface area (Å²) < 4.78 is 0. The van der Waals surface area contributed by atoms with Crippen LogP contribution in [0.5, 0.6) is 0 Å². The lowest BCUT2D eigenvalue weighted by Gasteiger charge is -2.42. The number of carbonyl (C=O) groups is 2. The number of aryl methyl sites for hydroxylation is 1. The fraction of sp³-hybridized carbons (Fsp3) is 0.667. The second-order valence-electron chi connectivity index (χ2n) is 9.19. The molecule has 0 spiro atoms. The summed E-state index contributed by atoms with van der Waals surface area (Å²) in [6.07, 6.45) is 7.26. The van der Waals surface area contributed by atoms with Crippen LogP contribution < -0.4 is 5.32 Å². The van der Waals surface area contributed by atoms with Crippen LogP contribution in [0.1, 0.15) is 49.7 Å². The Morgan fingerprint density at radius 1 is 1.03 bits per heavy atom. The molecule has 29 heavy (non-hydrogen) atoms. The van der Waals surface area contributed by atoms with Gasteiger partial charge in [-0.15, -0.1) is 0 Å². The van der Waals surface area contributed by atoms with Crippen LogP contribution in [0.4, 0.5) is 0 Å². The summed E-state index contributed by atoms with van der Waals surface area (Å²) in [5.74, 6) is 1.03. The zero-order chi connectivity index (χ0) is 20.2. The average Bonchev–Trinajstić information content (AvgIpc) is 3.59. The van der Waals surface area contributed by atoms with Crippen molar-refractivity contribution in [3.05, 3.63) is 35.4 Å². The molecular formula is C24H35N3O2. The van der Waals surface area contributed by atoms with E-state index in [0.717, 1.165) is 71.1 Å². The Morgan fingerprint density at radius 3 is 2.55 bits per heavy atom. The van der Waals surface area contributed by atoms with Crippen LogP contribution in [-0.4, -0.2) is 60.4 Å². The molecular weight excluding hydrogens is 362 g/mol. The molecule has 1 saturated carbocycles. The molecule has 1 aliphatic carbocycles. The minimum Gasteiger partial charge on any atom is -0.355 e. The molecule has 4 rings (SSSR count). The summed E-state index contributed by atoms with van der Waals surface area (Å²) in [5, 5.41) is 3.17. The molecule has 5 nitrogen and oxygen atoms in total. The average molecular weight is 398 g/mol. The smallest absolute Gasteiger partial charge is 0.225 e. The molecule has 2 amide bonds. The maximum absolute atomic E-state index is 12.7. The summed E-state index contributed by atoms with van der Waals surface area (Å²) in [6, 6.07) is 9.03. The second-order valence-corrected chi connectivity index (χ2v) is 9.19. The van der Waals surface area contributed by atoms with E-state index in [9.17, 15) is 9.59 Å². The topological polar surface area (TPSA) is 52.7 Å². The Kier molecular flexibility index (Phi) is 6.53. The number of rotatable bonds is 6. The Balaban J connectivity index is 1.20. The predicted molar refractivity (Wildman–Crippen MR) is 115 cm³/mol. The van der Waals surface area contributed by atoms with E-state index < -0.39 is 0 Å². The molecule has 0 aromatic heterocycles. The van der Waals surface area contributed by atoms with Crippen LogP contribution in [0, 0.1) is 18.8 Å². The van der Waals surface area contributed by atoms with Gasteiger partial charge in [0.25, 0.3) is 0 Å². The van der Waals surface area contributed by atoms with Gasteiger partial charge in [0, 0.05) is 38.1 Å². The third-order valence-electron chi connectivity index (χ3n) is 6.84. The Hall–Kier alpha value is -1.88. The zero-order valence-corrected chi connectivity index (χ0v) is 17.7. The van der Waals surface area contributed by atoms with Gasteiger partial charge in [0.15, 0.2) is 0 Å². The van der Waals surface area contributed by atoms with Gasteiger partial charge in [-0.2, -0.15) is 0 Å². The van der Waals surface area contributed by atoms with Crippen LogP contribution in [0.2, 0.25) is 0 Å². The van der Waals surface area contributed by atoms with Gasteiger partial charge in [-0.05, 0) is 64.0 Å². The van der Waals surface area contributed by atoms with E-state index >= 15 is 0 Å². The van der Waals surface area contributed by atoms with Gasteiger partial charge < -0.3 is 10.2 Å². The molecule has 2 aliphatic heterocycles. The lowest BCUT2D eigenvalue weighted by atomic mass is 9.93. The van der Waals surface area contributed by atoms with Gasteiger partial charge in [0.05, 0.1) is 5.92 Å². The van der Waals surface area contributed by atoms with Gasteiger partial charge in [0.2, 0.25) is 11.8 Å². The molecule has 2 saturated heterocycles. The molecule has 1 N–H and O–H groups in total. The molecule has 0 radical (unpaired) electrons. The third-order valence-corrected chi connectivity index (χ3v) is 6.84. The first kappa shape index (κ1) is 20.4. The lowest BCUT2D eigenvalue weighted by Crippen LogP contribution is -2.51. The highest BCUT2D eigenvalue weighted by atomic mass is 16.2. The first-order valence-corrected chi connectivity index (χ1v) is 11.5. The number of hydrogen-bond donors (Lipinski definition) is 1. The van der Waals surface area contributed by atoms with Crippen molar-refractivity contribution in [1.29, 1.82) is 0 Å². The van der Waals surface area contributed by atoms with Crippen molar-refractivity contribution in [3.8, 4) is 0 Å². The summed E-state index contributed by atoms with van der Waals surface area (Å²) in [7, 11) is 0. The summed E-state index contributed by atoms with van der Waals surface area (Å²) in [6.45, 7) is 6.56. The van der Waals surface area contributed by atoms with Crippen molar-refractivity contribution in [2.75, 3.05) is 32.7 Å². The first-order valence-electron chi connectivity index (χ1n) is 11.5. The molecule has 3 fully saturated rings. The highest BCUT2D eigenvalue weighted by molar-refractivity contribution is 5.81. The van der Waals surface area contributed by atoms with Gasteiger partial charge in [-0.25, -0.2) is 0 Å². The van der Waals surface area contributed by atoms with E-state index in [4.69, 9.17) is 0 Å². The number of amides is 2. The number of nitrogens with zero attached hydrogens (tertiary/aromatic N) is 2. The Labute approximate surface area is 174 Å². The largest absolute Gasteiger partial charge is 0.355 e. The fourth-order valence-corrected chi connectivity index (χ4v) is 4.93. The molecule has 1 aromatic rings. The standard InChI is InChI=1S/C24H35N3O2/c1-18-4-2-5-19(16-18)9-12-25-23(28)21-6-3-13-27(17-21)22-10-14-26(15-11-22)24(29)20-7-8-20/h2,4-5,16,20-22H,3,6-15,17H2,1H3,(H,25,28)/t21-/m1/s1. The molecule has 1 aromatic carbocycles. The lowest BCUT2D eigenvalue weighted by molar-refractivity contribution is -0.134. The molecule has 0 bridgehead atoms. The minimum absolute atomic E-state index is 0.104. The highest BCUT2D eigenvalue weighted by Gasteiger charge is 2.37. The van der Waals surface area contributed by atoms with E-state index in [-0.39, 0.29) is 11.8 Å². The van der Waals surface area contributed by atoms with Crippen molar-refractivity contribution >= 4 is 11.8 Å².